The summed E-state index contributed by atoms with van der Waals surface area (Å²) in [5, 5.41) is 5.04. The Kier molecular flexibility index (Phi) is 8.18. The molecular weight excluding hydrogens is 649 g/mol. The lowest BCUT2D eigenvalue weighted by Crippen LogP contribution is -2.56. The van der Waals surface area contributed by atoms with Crippen molar-refractivity contribution in [2.24, 2.45) is 11.1 Å². The van der Waals surface area contributed by atoms with Crippen molar-refractivity contribution in [2.75, 3.05) is 37.7 Å². The molecule has 4 aromatic rings. The second-order valence-corrected chi connectivity index (χ2v) is 14.4. The SMILES string of the molecule is C[C@H](CC(=O)N1[C@@H]2CC[C@H]1CN(c1nc(OCC34CCCN3CCC4)nc3c(F)c(-c4cccc5cccc(Cl)c45)ncc13)C2)C(=O)N=O. The molecule has 11 nitrogen and oxygen atoms in total. The van der Waals surface area contributed by atoms with E-state index in [0.29, 0.717) is 46.9 Å². The van der Waals surface area contributed by atoms with E-state index in [1.54, 1.807) is 19.2 Å². The lowest BCUT2D eigenvalue weighted by atomic mass is 9.95. The number of fused-ring (bicyclic) bond motifs is 5. The van der Waals surface area contributed by atoms with Crippen molar-refractivity contribution >= 4 is 50.9 Å². The number of nitrogens with zero attached hydrogens (tertiary/aromatic N) is 7. The molecule has 4 saturated heterocycles. The van der Waals surface area contributed by atoms with Crippen LogP contribution in [0.5, 0.6) is 6.01 Å². The fourth-order valence-electron chi connectivity index (χ4n) is 8.70. The lowest BCUT2D eigenvalue weighted by Gasteiger charge is -2.42. The number of halogens is 2. The van der Waals surface area contributed by atoms with Crippen molar-refractivity contribution in [3.05, 3.63) is 58.3 Å². The third-order valence-corrected chi connectivity index (χ3v) is 11.4. The predicted molar refractivity (Wildman–Crippen MR) is 184 cm³/mol. The molecule has 4 aliphatic rings. The molecule has 6 heterocycles. The zero-order chi connectivity index (χ0) is 33.9. The number of aromatic nitrogens is 3. The number of carbonyl (C=O) groups is 2. The highest BCUT2D eigenvalue weighted by Gasteiger charge is 2.46. The van der Waals surface area contributed by atoms with Crippen LogP contribution in [0.3, 0.4) is 0 Å². The maximum absolute atomic E-state index is 16.9. The van der Waals surface area contributed by atoms with E-state index in [-0.39, 0.29) is 47.2 Å². The van der Waals surface area contributed by atoms with E-state index >= 15 is 4.39 Å². The Balaban J connectivity index is 1.17. The first-order valence-corrected chi connectivity index (χ1v) is 17.5. The van der Waals surface area contributed by atoms with Crippen LogP contribution in [0.2, 0.25) is 5.02 Å². The number of pyridine rings is 1. The summed E-state index contributed by atoms with van der Waals surface area (Å²) in [6, 6.07) is 11.0. The van der Waals surface area contributed by atoms with Crippen LogP contribution < -0.4 is 9.64 Å². The summed E-state index contributed by atoms with van der Waals surface area (Å²) in [7, 11) is 0. The minimum Gasteiger partial charge on any atom is -0.461 e. The first kappa shape index (κ1) is 31.9. The van der Waals surface area contributed by atoms with E-state index in [9.17, 15) is 14.5 Å². The van der Waals surface area contributed by atoms with Crippen molar-refractivity contribution < 1.29 is 18.7 Å². The highest BCUT2D eigenvalue weighted by atomic mass is 35.5. The van der Waals surface area contributed by atoms with E-state index < -0.39 is 17.6 Å². The van der Waals surface area contributed by atoms with Gasteiger partial charge in [0.15, 0.2) is 5.82 Å². The van der Waals surface area contributed by atoms with Crippen molar-refractivity contribution in [1.29, 1.82) is 0 Å². The van der Waals surface area contributed by atoms with Crippen molar-refractivity contribution in [3.63, 3.8) is 0 Å². The average Bonchev–Trinajstić information content (AvgIpc) is 3.77. The molecule has 0 unspecified atom stereocenters. The van der Waals surface area contributed by atoms with Crippen molar-refractivity contribution in [2.45, 2.75) is 69.5 Å². The number of hydrogen-bond acceptors (Lipinski definition) is 9. The maximum Gasteiger partial charge on any atom is 0.319 e. The van der Waals surface area contributed by atoms with Gasteiger partial charge in [-0.3, -0.25) is 19.5 Å². The fourth-order valence-corrected chi connectivity index (χ4v) is 8.98. The van der Waals surface area contributed by atoms with Crippen LogP contribution in [0.1, 0.15) is 51.9 Å². The number of rotatable bonds is 8. The number of ether oxygens (including phenoxy) is 1. The largest absolute Gasteiger partial charge is 0.461 e. The van der Waals surface area contributed by atoms with Crippen LogP contribution in [0.15, 0.2) is 47.8 Å². The van der Waals surface area contributed by atoms with E-state index in [2.05, 4.69) is 24.9 Å². The molecule has 0 saturated carbocycles. The molecule has 2 aromatic heterocycles. The van der Waals surface area contributed by atoms with E-state index in [4.69, 9.17) is 21.3 Å². The summed E-state index contributed by atoms with van der Waals surface area (Å²) in [6.07, 6.45) is 7.45. The van der Waals surface area contributed by atoms with Gasteiger partial charge >= 0.3 is 6.01 Å². The third kappa shape index (κ3) is 5.49. The van der Waals surface area contributed by atoms with E-state index in [1.165, 1.54) is 0 Å². The first-order chi connectivity index (χ1) is 23.8. The molecule has 0 radical (unpaired) electrons. The minimum absolute atomic E-state index is 0.0525. The number of nitroso groups, excluding NO2 is 1. The Hall–Kier alpha value is -4.29. The summed E-state index contributed by atoms with van der Waals surface area (Å²) in [5.74, 6) is -1.84. The summed E-state index contributed by atoms with van der Waals surface area (Å²) in [5.41, 5.74) is 0.769. The highest BCUT2D eigenvalue weighted by molar-refractivity contribution is 6.36. The van der Waals surface area contributed by atoms with Gasteiger partial charge in [0, 0.05) is 64.9 Å². The Morgan fingerprint density at radius 2 is 1.80 bits per heavy atom. The number of amides is 2. The second-order valence-electron chi connectivity index (χ2n) is 14.0. The van der Waals surface area contributed by atoms with Crippen LogP contribution in [0.25, 0.3) is 32.9 Å². The highest BCUT2D eigenvalue weighted by Crippen LogP contribution is 2.41. The van der Waals surface area contributed by atoms with Gasteiger partial charge < -0.3 is 14.5 Å². The molecule has 13 heteroatoms. The third-order valence-electron chi connectivity index (χ3n) is 11.1. The van der Waals surface area contributed by atoms with Crippen LogP contribution in [0.4, 0.5) is 10.2 Å². The molecule has 0 N–H and O–H groups in total. The van der Waals surface area contributed by atoms with Gasteiger partial charge in [-0.1, -0.05) is 48.9 Å². The molecule has 8 rings (SSSR count). The molecule has 2 amide bonds. The first-order valence-electron chi connectivity index (χ1n) is 17.1. The number of piperazine rings is 1. The lowest BCUT2D eigenvalue weighted by molar-refractivity contribution is -0.137. The van der Waals surface area contributed by atoms with E-state index in [1.807, 2.05) is 35.2 Å². The number of benzene rings is 2. The molecule has 0 spiro atoms. The smallest absolute Gasteiger partial charge is 0.319 e. The number of anilines is 1. The monoisotopic (exact) mass is 685 g/mol. The molecule has 0 aliphatic carbocycles. The maximum atomic E-state index is 16.9. The Morgan fingerprint density at radius 1 is 1.08 bits per heavy atom. The Morgan fingerprint density at radius 3 is 2.51 bits per heavy atom. The molecule has 2 bridgehead atoms. The predicted octanol–water partition coefficient (Wildman–Crippen LogP) is 6.14. The zero-order valence-electron chi connectivity index (χ0n) is 27.3. The molecule has 4 aliphatic heterocycles. The van der Waals surface area contributed by atoms with Gasteiger partial charge in [0.25, 0.3) is 5.91 Å². The molecule has 49 heavy (non-hydrogen) atoms. The van der Waals surface area contributed by atoms with Gasteiger partial charge in [-0.15, -0.1) is 4.91 Å². The molecule has 4 fully saturated rings. The van der Waals surface area contributed by atoms with Crippen LogP contribution in [-0.4, -0.2) is 87.0 Å². The molecule has 2 aromatic carbocycles. The summed E-state index contributed by atoms with van der Waals surface area (Å²) in [4.78, 5) is 56.5. The topological polar surface area (TPSA) is 121 Å². The van der Waals surface area contributed by atoms with Gasteiger partial charge in [0.05, 0.1) is 10.9 Å². The molecular formula is C36H37ClFN7O4. The average molecular weight is 686 g/mol. The van der Waals surface area contributed by atoms with Gasteiger partial charge in [0.2, 0.25) is 5.91 Å². The zero-order valence-corrected chi connectivity index (χ0v) is 28.0. The van der Waals surface area contributed by atoms with Crippen molar-refractivity contribution in [3.8, 4) is 17.3 Å². The van der Waals surface area contributed by atoms with Crippen LogP contribution in [0, 0.1) is 16.6 Å². The Bertz CT molecular complexity index is 1970. The summed E-state index contributed by atoms with van der Waals surface area (Å²) in [6.45, 7) is 5.00. The Labute approximate surface area is 287 Å². The van der Waals surface area contributed by atoms with Crippen molar-refractivity contribution in [1.82, 2.24) is 24.8 Å². The van der Waals surface area contributed by atoms with Gasteiger partial charge in [0.1, 0.15) is 23.6 Å². The van der Waals surface area contributed by atoms with Gasteiger partial charge in [-0.2, -0.15) is 9.97 Å². The number of hydrogen-bond donors (Lipinski definition) is 0. The van der Waals surface area contributed by atoms with Crippen LogP contribution >= 0.6 is 11.6 Å². The van der Waals surface area contributed by atoms with Gasteiger partial charge in [-0.25, -0.2) is 4.39 Å². The summed E-state index contributed by atoms with van der Waals surface area (Å²) < 4.78 is 23.3. The molecule has 3 atom stereocenters. The van der Waals surface area contributed by atoms with Crippen LogP contribution in [-0.2, 0) is 9.59 Å². The second kappa shape index (κ2) is 12.5. The summed E-state index contributed by atoms with van der Waals surface area (Å²) >= 11 is 6.63. The quantitative estimate of drug-likeness (QED) is 0.201. The minimum atomic E-state index is -0.822. The number of carbonyl (C=O) groups excluding carboxylic acids is 2. The van der Waals surface area contributed by atoms with Gasteiger partial charge in [-0.05, 0) is 63.1 Å². The fraction of sp³-hybridized carbons (Fsp3) is 0.472. The normalized spacial score (nSPS) is 22.1. The standard InChI is InChI=1S/C36H37ClFN7O4/c1-21(34(47)42-48)16-28(46)45-23-10-11-24(45)19-43(18-23)33-26-17-39-31(25-8-2-6-22-7-3-9-27(37)29(22)25)30(38)32(26)40-35(41-33)49-20-36-12-4-14-44(36)15-5-13-36/h2-3,6-9,17,21,23-24H,4-5,10-16,18-20H2,1H3/t21-,23-,24+/m1/s1. The molecule has 254 valence electrons. The van der Waals surface area contributed by atoms with E-state index in [0.717, 1.165) is 57.0 Å².